The van der Waals surface area contributed by atoms with Crippen molar-refractivity contribution in [1.82, 2.24) is 4.90 Å². The standard InChI is InChI=1S/C18H26N2S/c1-2-4-16(3-1)21-17-7-5-15(6-8-17)19-18-10-12-20-11-9-14(18)13-20/h5-8,14,16,18-19H,1-4,9-13H2. The molecule has 0 radical (unpaired) electrons. The van der Waals surface area contributed by atoms with E-state index in [2.05, 4.69) is 46.2 Å². The maximum absolute atomic E-state index is 3.79. The first-order valence-corrected chi connectivity index (χ1v) is 9.50. The maximum Gasteiger partial charge on any atom is 0.0343 e. The smallest absolute Gasteiger partial charge is 0.0343 e. The molecule has 1 aromatic rings. The van der Waals surface area contributed by atoms with E-state index in [4.69, 9.17) is 0 Å². The van der Waals surface area contributed by atoms with Crippen molar-refractivity contribution in [2.24, 2.45) is 5.92 Å². The quantitative estimate of drug-likeness (QED) is 0.896. The summed E-state index contributed by atoms with van der Waals surface area (Å²) in [6.07, 6.45) is 8.36. The van der Waals surface area contributed by atoms with E-state index in [0.29, 0.717) is 6.04 Å². The van der Waals surface area contributed by atoms with E-state index >= 15 is 0 Å². The number of hydrogen-bond acceptors (Lipinski definition) is 3. The molecule has 21 heavy (non-hydrogen) atoms. The van der Waals surface area contributed by atoms with E-state index < -0.39 is 0 Å². The predicted octanol–water partition coefficient (Wildman–Crippen LogP) is 4.23. The number of rotatable bonds is 4. The molecule has 1 aliphatic carbocycles. The van der Waals surface area contributed by atoms with Crippen molar-refractivity contribution >= 4 is 17.4 Å². The fourth-order valence-corrected chi connectivity index (χ4v) is 5.43. The molecule has 3 atom stereocenters. The Bertz CT molecular complexity index is 467. The minimum atomic E-state index is 0.692. The largest absolute Gasteiger partial charge is 0.382 e. The topological polar surface area (TPSA) is 15.3 Å². The summed E-state index contributed by atoms with van der Waals surface area (Å²) in [5, 5.41) is 4.66. The lowest BCUT2D eigenvalue weighted by molar-refractivity contribution is 0.255. The van der Waals surface area contributed by atoms with Crippen LogP contribution < -0.4 is 5.32 Å². The number of nitrogens with zero attached hydrogens (tertiary/aromatic N) is 1. The highest BCUT2D eigenvalue weighted by molar-refractivity contribution is 8.00. The second-order valence-electron chi connectivity index (χ2n) is 6.94. The Labute approximate surface area is 132 Å². The van der Waals surface area contributed by atoms with E-state index in [1.165, 1.54) is 68.7 Å². The van der Waals surface area contributed by atoms with Crippen molar-refractivity contribution in [2.45, 2.75) is 54.7 Å². The molecular formula is C18H26N2S. The van der Waals surface area contributed by atoms with Crippen LogP contribution in [0.4, 0.5) is 5.69 Å². The zero-order chi connectivity index (χ0) is 14.1. The molecule has 1 aromatic carbocycles. The Morgan fingerprint density at radius 2 is 1.71 bits per heavy atom. The number of anilines is 1. The molecule has 2 heterocycles. The lowest BCUT2D eigenvalue weighted by Crippen LogP contribution is -2.39. The van der Waals surface area contributed by atoms with Gasteiger partial charge in [0, 0.05) is 35.0 Å². The summed E-state index contributed by atoms with van der Waals surface area (Å²) in [4.78, 5) is 4.06. The predicted molar refractivity (Wildman–Crippen MR) is 91.1 cm³/mol. The van der Waals surface area contributed by atoms with Crippen LogP contribution in [-0.4, -0.2) is 35.8 Å². The molecule has 2 bridgehead atoms. The Morgan fingerprint density at radius 3 is 2.52 bits per heavy atom. The molecule has 3 fully saturated rings. The molecule has 1 saturated carbocycles. The van der Waals surface area contributed by atoms with Crippen LogP contribution in [0.3, 0.4) is 0 Å². The Kier molecular flexibility index (Phi) is 4.13. The monoisotopic (exact) mass is 302 g/mol. The zero-order valence-electron chi connectivity index (χ0n) is 12.8. The van der Waals surface area contributed by atoms with E-state index in [-0.39, 0.29) is 0 Å². The van der Waals surface area contributed by atoms with Gasteiger partial charge in [0.15, 0.2) is 0 Å². The third kappa shape index (κ3) is 3.24. The van der Waals surface area contributed by atoms with Gasteiger partial charge >= 0.3 is 0 Å². The van der Waals surface area contributed by atoms with E-state index in [1.807, 2.05) is 0 Å². The van der Waals surface area contributed by atoms with Gasteiger partial charge in [-0.15, -0.1) is 11.8 Å². The molecule has 0 aromatic heterocycles. The van der Waals surface area contributed by atoms with Crippen molar-refractivity contribution in [1.29, 1.82) is 0 Å². The molecule has 114 valence electrons. The van der Waals surface area contributed by atoms with E-state index in [1.54, 1.807) is 0 Å². The van der Waals surface area contributed by atoms with Crippen LogP contribution >= 0.6 is 11.8 Å². The normalized spacial score (nSPS) is 32.5. The Balaban J connectivity index is 1.35. The zero-order valence-corrected chi connectivity index (χ0v) is 13.6. The average Bonchev–Trinajstić information content (AvgIpc) is 3.14. The SMILES string of the molecule is c1cc(SC2CCCC2)ccc1NC1CCN2CCC1C2. The molecule has 3 aliphatic rings. The van der Waals surface area contributed by atoms with Crippen LogP contribution in [-0.2, 0) is 0 Å². The van der Waals surface area contributed by atoms with Gasteiger partial charge in [-0.25, -0.2) is 0 Å². The second kappa shape index (κ2) is 6.21. The molecule has 2 nitrogen and oxygen atoms in total. The van der Waals surface area contributed by atoms with Crippen LogP contribution in [0.5, 0.6) is 0 Å². The van der Waals surface area contributed by atoms with E-state index in [0.717, 1.165) is 11.2 Å². The van der Waals surface area contributed by atoms with Gasteiger partial charge in [-0.2, -0.15) is 0 Å². The van der Waals surface area contributed by atoms with E-state index in [9.17, 15) is 0 Å². The molecule has 3 heteroatoms. The number of thioether (sulfide) groups is 1. The molecule has 3 unspecified atom stereocenters. The van der Waals surface area contributed by atoms with Gasteiger partial charge < -0.3 is 10.2 Å². The first-order chi connectivity index (χ1) is 10.4. The first kappa shape index (κ1) is 14.0. The van der Waals surface area contributed by atoms with Gasteiger partial charge in [-0.1, -0.05) is 12.8 Å². The van der Waals surface area contributed by atoms with Gasteiger partial charge in [0.05, 0.1) is 0 Å². The number of nitrogens with one attached hydrogen (secondary N) is 1. The van der Waals surface area contributed by atoms with Gasteiger partial charge in [0.1, 0.15) is 0 Å². The van der Waals surface area contributed by atoms with Crippen LogP contribution in [0.1, 0.15) is 38.5 Å². The molecule has 2 saturated heterocycles. The summed E-state index contributed by atoms with van der Waals surface area (Å²) in [5.74, 6) is 0.867. The lowest BCUT2D eigenvalue weighted by Gasteiger charge is -2.31. The summed E-state index contributed by atoms with van der Waals surface area (Å²) in [6.45, 7) is 3.91. The number of benzene rings is 1. The summed E-state index contributed by atoms with van der Waals surface area (Å²) in [7, 11) is 0. The van der Waals surface area contributed by atoms with Gasteiger partial charge in [0.2, 0.25) is 0 Å². The molecule has 1 N–H and O–H groups in total. The van der Waals surface area contributed by atoms with Gasteiger partial charge in [0.25, 0.3) is 0 Å². The minimum Gasteiger partial charge on any atom is -0.382 e. The van der Waals surface area contributed by atoms with Gasteiger partial charge in [-0.05, 0) is 62.4 Å². The molecular weight excluding hydrogens is 276 g/mol. The fourth-order valence-electron chi connectivity index (χ4n) is 4.18. The molecule has 0 spiro atoms. The highest BCUT2D eigenvalue weighted by Gasteiger charge is 2.33. The van der Waals surface area contributed by atoms with Crippen LogP contribution in [0, 0.1) is 5.92 Å². The van der Waals surface area contributed by atoms with Crippen LogP contribution in [0.2, 0.25) is 0 Å². The molecule has 4 rings (SSSR count). The average molecular weight is 302 g/mol. The highest BCUT2D eigenvalue weighted by atomic mass is 32.2. The molecule has 2 aliphatic heterocycles. The number of piperidine rings is 1. The third-order valence-corrected chi connectivity index (χ3v) is 6.79. The number of hydrogen-bond donors (Lipinski definition) is 1. The Hall–Kier alpha value is -0.670. The summed E-state index contributed by atoms with van der Waals surface area (Å²) in [6, 6.07) is 9.90. The van der Waals surface area contributed by atoms with Crippen LogP contribution in [0.15, 0.2) is 29.2 Å². The number of fused-ring (bicyclic) bond motifs is 2. The van der Waals surface area contributed by atoms with Crippen molar-refractivity contribution < 1.29 is 0 Å². The van der Waals surface area contributed by atoms with Crippen molar-refractivity contribution in [3.05, 3.63) is 24.3 Å². The first-order valence-electron chi connectivity index (χ1n) is 8.62. The second-order valence-corrected chi connectivity index (χ2v) is 8.31. The third-order valence-electron chi connectivity index (χ3n) is 5.45. The minimum absolute atomic E-state index is 0.692. The van der Waals surface area contributed by atoms with Crippen molar-refractivity contribution in [3.63, 3.8) is 0 Å². The van der Waals surface area contributed by atoms with Crippen LogP contribution in [0.25, 0.3) is 0 Å². The summed E-state index contributed by atoms with van der Waals surface area (Å²) < 4.78 is 0. The lowest BCUT2D eigenvalue weighted by atomic mass is 9.94. The highest BCUT2D eigenvalue weighted by Crippen LogP contribution is 2.35. The summed E-state index contributed by atoms with van der Waals surface area (Å²) in [5.41, 5.74) is 1.32. The van der Waals surface area contributed by atoms with Crippen molar-refractivity contribution in [2.75, 3.05) is 25.0 Å². The summed E-state index contributed by atoms with van der Waals surface area (Å²) >= 11 is 2.08. The van der Waals surface area contributed by atoms with Gasteiger partial charge in [-0.3, -0.25) is 0 Å². The maximum atomic E-state index is 3.79. The fraction of sp³-hybridized carbons (Fsp3) is 0.667. The Morgan fingerprint density at radius 1 is 0.952 bits per heavy atom. The molecule has 0 amide bonds. The van der Waals surface area contributed by atoms with Crippen molar-refractivity contribution in [3.8, 4) is 0 Å².